The highest BCUT2D eigenvalue weighted by Gasteiger charge is 2.35. The maximum absolute atomic E-state index is 12.9. The number of hydrogen-bond donors (Lipinski definition) is 0. The Morgan fingerprint density at radius 2 is 2.00 bits per heavy atom. The first kappa shape index (κ1) is 15.6. The molecule has 4 heterocycles. The van der Waals surface area contributed by atoms with Gasteiger partial charge in [-0.3, -0.25) is 9.78 Å². The van der Waals surface area contributed by atoms with Crippen molar-refractivity contribution in [2.24, 2.45) is 0 Å². The molecule has 7 heteroatoms. The number of furan rings is 1. The van der Waals surface area contributed by atoms with Crippen molar-refractivity contribution >= 4 is 5.91 Å². The molecule has 1 amide bonds. The molecule has 7 nitrogen and oxygen atoms in total. The molecule has 1 fully saturated rings. The number of hydrogen-bond acceptors (Lipinski definition) is 6. The zero-order valence-electron chi connectivity index (χ0n) is 14.1. The summed E-state index contributed by atoms with van der Waals surface area (Å²) in [6.07, 6.45) is 5.06. The quantitative estimate of drug-likeness (QED) is 0.728. The van der Waals surface area contributed by atoms with Crippen molar-refractivity contribution in [2.45, 2.75) is 32.7 Å². The normalized spacial score (nSPS) is 17.2. The van der Waals surface area contributed by atoms with Gasteiger partial charge in [0.1, 0.15) is 17.6 Å². The third-order valence-electron chi connectivity index (χ3n) is 4.44. The number of nitrogens with zero attached hydrogens (tertiary/aromatic N) is 4. The fourth-order valence-corrected chi connectivity index (χ4v) is 3.24. The van der Waals surface area contributed by atoms with Crippen LogP contribution in [0.3, 0.4) is 0 Å². The van der Waals surface area contributed by atoms with E-state index >= 15 is 0 Å². The molecule has 3 aromatic rings. The Morgan fingerprint density at radius 3 is 2.72 bits per heavy atom. The molecule has 0 saturated carbocycles. The maximum atomic E-state index is 12.9. The first-order valence-corrected chi connectivity index (χ1v) is 8.25. The molecule has 0 bridgehead atoms. The van der Waals surface area contributed by atoms with E-state index in [1.54, 1.807) is 30.3 Å². The van der Waals surface area contributed by atoms with Crippen molar-refractivity contribution in [1.29, 1.82) is 0 Å². The number of carbonyl (C=O) groups excluding carboxylic acids is 1. The van der Waals surface area contributed by atoms with Gasteiger partial charge in [0.2, 0.25) is 11.8 Å². The smallest absolute Gasteiger partial charge is 0.258 e. The first-order chi connectivity index (χ1) is 12.1. The van der Waals surface area contributed by atoms with E-state index in [9.17, 15) is 4.79 Å². The number of aromatic nitrogens is 3. The van der Waals surface area contributed by atoms with Crippen LogP contribution in [-0.4, -0.2) is 32.5 Å². The molecule has 4 rings (SSSR count). The van der Waals surface area contributed by atoms with E-state index in [4.69, 9.17) is 8.83 Å². The minimum Gasteiger partial charge on any atom is -0.466 e. The summed E-state index contributed by atoms with van der Waals surface area (Å²) in [7, 11) is 0. The molecule has 1 unspecified atom stereocenters. The molecule has 0 aliphatic carbocycles. The van der Waals surface area contributed by atoms with Crippen LogP contribution in [0.4, 0.5) is 0 Å². The van der Waals surface area contributed by atoms with E-state index in [1.165, 1.54) is 0 Å². The average molecular weight is 338 g/mol. The second kappa shape index (κ2) is 6.16. The van der Waals surface area contributed by atoms with Crippen LogP contribution in [0.2, 0.25) is 0 Å². The van der Waals surface area contributed by atoms with Gasteiger partial charge in [0.15, 0.2) is 0 Å². The van der Waals surface area contributed by atoms with E-state index in [0.29, 0.717) is 29.6 Å². The van der Waals surface area contributed by atoms with Crippen molar-refractivity contribution in [3.8, 4) is 11.5 Å². The lowest BCUT2D eigenvalue weighted by Gasteiger charge is -2.21. The van der Waals surface area contributed by atoms with Crippen LogP contribution in [0.15, 0.2) is 39.4 Å². The SMILES string of the molecule is Cc1cc(C(=O)N2CCCC2c2nnc(-c3ccncc3)o2)c(C)o1. The zero-order valence-corrected chi connectivity index (χ0v) is 14.1. The molecule has 1 saturated heterocycles. The van der Waals surface area contributed by atoms with Crippen LogP contribution >= 0.6 is 0 Å². The van der Waals surface area contributed by atoms with Crippen molar-refractivity contribution in [3.63, 3.8) is 0 Å². The maximum Gasteiger partial charge on any atom is 0.258 e. The minimum absolute atomic E-state index is 0.0551. The second-order valence-corrected chi connectivity index (χ2v) is 6.16. The van der Waals surface area contributed by atoms with Crippen molar-refractivity contribution in [2.75, 3.05) is 6.54 Å². The molecular weight excluding hydrogens is 320 g/mol. The topological polar surface area (TPSA) is 85.3 Å². The molecule has 0 aromatic carbocycles. The fraction of sp³-hybridized carbons (Fsp3) is 0.333. The highest BCUT2D eigenvalue weighted by molar-refractivity contribution is 5.95. The lowest BCUT2D eigenvalue weighted by Crippen LogP contribution is -2.30. The van der Waals surface area contributed by atoms with E-state index in [0.717, 1.165) is 24.2 Å². The molecule has 128 valence electrons. The van der Waals surface area contributed by atoms with Crippen LogP contribution < -0.4 is 0 Å². The number of rotatable bonds is 3. The third kappa shape index (κ3) is 2.82. The van der Waals surface area contributed by atoms with Gasteiger partial charge in [-0.25, -0.2) is 0 Å². The summed E-state index contributed by atoms with van der Waals surface area (Å²) in [6, 6.07) is 5.20. The zero-order chi connectivity index (χ0) is 17.4. The summed E-state index contributed by atoms with van der Waals surface area (Å²) in [5.41, 5.74) is 1.41. The third-order valence-corrected chi connectivity index (χ3v) is 4.44. The summed E-state index contributed by atoms with van der Waals surface area (Å²) < 4.78 is 11.3. The molecule has 0 N–H and O–H groups in total. The predicted octanol–water partition coefficient (Wildman–Crippen LogP) is 3.32. The lowest BCUT2D eigenvalue weighted by molar-refractivity contribution is 0.0714. The number of carbonyl (C=O) groups is 1. The molecule has 0 radical (unpaired) electrons. The van der Waals surface area contributed by atoms with E-state index in [1.807, 2.05) is 19.1 Å². The Balaban J connectivity index is 1.61. The van der Waals surface area contributed by atoms with Gasteiger partial charge in [0, 0.05) is 24.5 Å². The van der Waals surface area contributed by atoms with Gasteiger partial charge in [-0.1, -0.05) is 0 Å². The van der Waals surface area contributed by atoms with Gasteiger partial charge in [-0.05, 0) is 44.9 Å². The number of pyridine rings is 1. The fourth-order valence-electron chi connectivity index (χ4n) is 3.24. The second-order valence-electron chi connectivity index (χ2n) is 6.16. The molecule has 1 atom stereocenters. The van der Waals surface area contributed by atoms with Crippen LogP contribution in [0.1, 0.15) is 46.7 Å². The van der Waals surface area contributed by atoms with Crippen molar-refractivity contribution in [1.82, 2.24) is 20.1 Å². The van der Waals surface area contributed by atoms with E-state index < -0.39 is 0 Å². The van der Waals surface area contributed by atoms with Gasteiger partial charge in [-0.15, -0.1) is 10.2 Å². The Labute approximate surface area is 144 Å². The molecule has 0 spiro atoms. The highest BCUT2D eigenvalue weighted by atomic mass is 16.4. The monoisotopic (exact) mass is 338 g/mol. The summed E-state index contributed by atoms with van der Waals surface area (Å²) in [4.78, 5) is 18.7. The molecular formula is C18H18N4O3. The Kier molecular flexibility index (Phi) is 3.83. The van der Waals surface area contributed by atoms with E-state index in [-0.39, 0.29) is 11.9 Å². The Hall–Kier alpha value is -2.96. The molecule has 1 aliphatic heterocycles. The summed E-state index contributed by atoms with van der Waals surface area (Å²) in [5, 5.41) is 8.29. The first-order valence-electron chi connectivity index (χ1n) is 8.25. The predicted molar refractivity (Wildman–Crippen MR) is 88.7 cm³/mol. The van der Waals surface area contributed by atoms with Gasteiger partial charge < -0.3 is 13.7 Å². The largest absolute Gasteiger partial charge is 0.466 e. The van der Waals surface area contributed by atoms with E-state index in [2.05, 4.69) is 15.2 Å². The Morgan fingerprint density at radius 1 is 1.20 bits per heavy atom. The van der Waals surface area contributed by atoms with Crippen molar-refractivity contribution in [3.05, 3.63) is 53.6 Å². The highest BCUT2D eigenvalue weighted by Crippen LogP contribution is 2.34. The summed E-state index contributed by atoms with van der Waals surface area (Å²) >= 11 is 0. The van der Waals surface area contributed by atoms with Crippen molar-refractivity contribution < 1.29 is 13.6 Å². The van der Waals surface area contributed by atoms with Gasteiger partial charge in [0.25, 0.3) is 5.91 Å². The summed E-state index contributed by atoms with van der Waals surface area (Å²) in [6.45, 7) is 4.31. The van der Waals surface area contributed by atoms with Crippen LogP contribution in [0.5, 0.6) is 0 Å². The van der Waals surface area contributed by atoms with Crippen LogP contribution in [-0.2, 0) is 0 Å². The van der Waals surface area contributed by atoms with Crippen LogP contribution in [0.25, 0.3) is 11.5 Å². The minimum atomic E-state index is -0.204. The molecule has 3 aromatic heterocycles. The lowest BCUT2D eigenvalue weighted by atomic mass is 10.2. The van der Waals surface area contributed by atoms with Crippen LogP contribution in [0, 0.1) is 13.8 Å². The molecule has 1 aliphatic rings. The number of likely N-dealkylation sites (tertiary alicyclic amines) is 1. The molecule has 25 heavy (non-hydrogen) atoms. The number of aryl methyl sites for hydroxylation is 2. The average Bonchev–Trinajstić information content (AvgIpc) is 3.33. The van der Waals surface area contributed by atoms with Gasteiger partial charge >= 0.3 is 0 Å². The number of amides is 1. The van der Waals surface area contributed by atoms with Gasteiger partial charge in [0.05, 0.1) is 5.56 Å². The van der Waals surface area contributed by atoms with Gasteiger partial charge in [-0.2, -0.15) is 0 Å². The standard InChI is InChI=1S/C18H18N4O3/c1-11-10-14(12(2)24-11)18(23)22-9-3-4-15(22)17-21-20-16(25-17)13-5-7-19-8-6-13/h5-8,10,15H,3-4,9H2,1-2H3. The summed E-state index contributed by atoms with van der Waals surface area (Å²) in [5.74, 6) is 2.22. The Bertz CT molecular complexity index is 900.